The molecule has 7 nitrogen and oxygen atoms in total. The number of aliphatic carboxylic acids is 1. The van der Waals surface area contributed by atoms with Gasteiger partial charge in [-0.2, -0.15) is 0 Å². The van der Waals surface area contributed by atoms with Gasteiger partial charge in [0.25, 0.3) is 0 Å². The number of carbonyl (C=O) groups excluding carboxylic acids is 1. The van der Waals surface area contributed by atoms with Crippen LogP contribution in [0.15, 0.2) is 0 Å². The zero-order valence-electron chi connectivity index (χ0n) is 15.5. The standard InChI is InChI=1S/C16H32N2O5/c1-9(22-15(3,4)5)11(17)13(19)18-12(14(20)21)10(2)23-16(6,7)8/h9-12H,17H2,1-8H3,(H,18,19)(H,20,21)/t9-,10-,11+,12+/m1/s1. The molecule has 0 bridgehead atoms. The minimum absolute atomic E-state index is 0.452. The Morgan fingerprint density at radius 2 is 1.35 bits per heavy atom. The quantitative estimate of drug-likeness (QED) is 0.648. The first-order valence-electron chi connectivity index (χ1n) is 7.78. The van der Waals surface area contributed by atoms with Gasteiger partial charge >= 0.3 is 5.97 Å². The Morgan fingerprint density at radius 3 is 1.70 bits per heavy atom. The Morgan fingerprint density at radius 1 is 0.957 bits per heavy atom. The fraction of sp³-hybridized carbons (Fsp3) is 0.875. The van der Waals surface area contributed by atoms with Gasteiger partial charge in [0.05, 0.1) is 23.4 Å². The molecule has 0 aliphatic rings. The summed E-state index contributed by atoms with van der Waals surface area (Å²) in [5, 5.41) is 11.8. The summed E-state index contributed by atoms with van der Waals surface area (Å²) in [5.74, 6) is -1.76. The lowest BCUT2D eigenvalue weighted by Gasteiger charge is -2.31. The van der Waals surface area contributed by atoms with E-state index < -0.39 is 47.4 Å². The van der Waals surface area contributed by atoms with Crippen molar-refractivity contribution < 1.29 is 24.2 Å². The highest BCUT2D eigenvalue weighted by Gasteiger charge is 2.33. The smallest absolute Gasteiger partial charge is 0.328 e. The lowest BCUT2D eigenvalue weighted by Crippen LogP contribution is -2.57. The van der Waals surface area contributed by atoms with Gasteiger partial charge in [-0.1, -0.05) is 0 Å². The van der Waals surface area contributed by atoms with E-state index in [0.29, 0.717) is 0 Å². The number of amides is 1. The lowest BCUT2D eigenvalue weighted by molar-refractivity contribution is -0.151. The number of hydrogen-bond donors (Lipinski definition) is 3. The second-order valence-electron chi connectivity index (χ2n) is 7.72. The molecule has 0 spiro atoms. The highest BCUT2D eigenvalue weighted by molar-refractivity contribution is 5.87. The van der Waals surface area contributed by atoms with E-state index in [1.165, 1.54) is 0 Å². The monoisotopic (exact) mass is 332 g/mol. The molecule has 0 rings (SSSR count). The molecule has 0 aromatic heterocycles. The van der Waals surface area contributed by atoms with Gasteiger partial charge in [-0.3, -0.25) is 4.79 Å². The number of nitrogens with two attached hydrogens (primary N) is 1. The Hall–Kier alpha value is -1.18. The molecular formula is C16H32N2O5. The third-order valence-corrected chi connectivity index (χ3v) is 2.92. The molecule has 7 heteroatoms. The van der Waals surface area contributed by atoms with Crippen LogP contribution in [0.3, 0.4) is 0 Å². The second-order valence-corrected chi connectivity index (χ2v) is 7.72. The number of carboxylic acid groups (broad SMARTS) is 1. The van der Waals surface area contributed by atoms with Gasteiger partial charge < -0.3 is 25.6 Å². The van der Waals surface area contributed by atoms with Gasteiger partial charge in [0.1, 0.15) is 6.04 Å². The highest BCUT2D eigenvalue weighted by atomic mass is 16.5. The molecule has 0 fully saturated rings. The molecule has 0 saturated carbocycles. The molecule has 0 heterocycles. The summed E-state index contributed by atoms with van der Waals surface area (Å²) in [6.07, 6.45) is -1.26. The summed E-state index contributed by atoms with van der Waals surface area (Å²) in [6, 6.07) is -2.16. The van der Waals surface area contributed by atoms with Crippen molar-refractivity contribution in [1.29, 1.82) is 0 Å². The molecular weight excluding hydrogens is 300 g/mol. The lowest BCUT2D eigenvalue weighted by atomic mass is 10.1. The molecule has 1 amide bonds. The largest absolute Gasteiger partial charge is 0.480 e. The molecule has 136 valence electrons. The van der Waals surface area contributed by atoms with Crippen LogP contribution in [-0.2, 0) is 19.1 Å². The van der Waals surface area contributed by atoms with Crippen molar-refractivity contribution in [1.82, 2.24) is 5.32 Å². The van der Waals surface area contributed by atoms with Crippen LogP contribution in [0.4, 0.5) is 0 Å². The summed E-state index contributed by atoms with van der Waals surface area (Å²) in [4.78, 5) is 23.6. The van der Waals surface area contributed by atoms with Crippen molar-refractivity contribution in [3.8, 4) is 0 Å². The number of hydrogen-bond acceptors (Lipinski definition) is 5. The predicted molar refractivity (Wildman–Crippen MR) is 88.1 cm³/mol. The Bertz CT molecular complexity index is 412. The molecule has 23 heavy (non-hydrogen) atoms. The summed E-state index contributed by atoms with van der Waals surface area (Å²) in [6.45, 7) is 14.3. The molecule has 0 aliphatic heterocycles. The van der Waals surface area contributed by atoms with E-state index in [1.54, 1.807) is 13.8 Å². The Kier molecular flexibility index (Phi) is 7.66. The van der Waals surface area contributed by atoms with Crippen molar-refractivity contribution >= 4 is 11.9 Å². The number of rotatable bonds is 7. The van der Waals surface area contributed by atoms with E-state index in [4.69, 9.17) is 15.2 Å². The number of carbonyl (C=O) groups is 2. The minimum atomic E-state index is -1.19. The molecule has 0 aliphatic carbocycles. The van der Waals surface area contributed by atoms with Crippen LogP contribution in [0.25, 0.3) is 0 Å². The predicted octanol–water partition coefficient (Wildman–Crippen LogP) is 1.29. The maximum absolute atomic E-state index is 12.2. The zero-order valence-corrected chi connectivity index (χ0v) is 15.5. The average Bonchev–Trinajstić information content (AvgIpc) is 2.29. The molecule has 4 atom stereocenters. The Labute approximate surface area is 138 Å². The van der Waals surface area contributed by atoms with Crippen molar-refractivity contribution in [2.45, 2.75) is 90.9 Å². The van der Waals surface area contributed by atoms with Crippen molar-refractivity contribution in [3.63, 3.8) is 0 Å². The fourth-order valence-corrected chi connectivity index (χ4v) is 2.10. The van der Waals surface area contributed by atoms with Gasteiger partial charge in [-0.05, 0) is 55.4 Å². The summed E-state index contributed by atoms with van der Waals surface area (Å²) in [7, 11) is 0. The normalized spacial score (nSPS) is 18.0. The van der Waals surface area contributed by atoms with Crippen LogP contribution < -0.4 is 11.1 Å². The average molecular weight is 332 g/mol. The van der Waals surface area contributed by atoms with Crippen LogP contribution >= 0.6 is 0 Å². The van der Waals surface area contributed by atoms with Gasteiger partial charge in [0, 0.05) is 0 Å². The van der Waals surface area contributed by atoms with Crippen LogP contribution in [0.2, 0.25) is 0 Å². The number of carboxylic acids is 1. The van der Waals surface area contributed by atoms with Crippen molar-refractivity contribution in [3.05, 3.63) is 0 Å². The molecule has 4 N–H and O–H groups in total. The fourth-order valence-electron chi connectivity index (χ4n) is 2.10. The van der Waals surface area contributed by atoms with E-state index in [0.717, 1.165) is 0 Å². The van der Waals surface area contributed by atoms with Gasteiger partial charge in [0.2, 0.25) is 5.91 Å². The molecule has 0 saturated heterocycles. The van der Waals surface area contributed by atoms with Crippen molar-refractivity contribution in [2.24, 2.45) is 5.73 Å². The highest BCUT2D eigenvalue weighted by Crippen LogP contribution is 2.15. The first-order chi connectivity index (χ1) is 10.1. The summed E-state index contributed by atoms with van der Waals surface area (Å²) >= 11 is 0. The molecule has 0 aromatic rings. The van der Waals surface area contributed by atoms with E-state index >= 15 is 0 Å². The molecule has 0 unspecified atom stereocenters. The van der Waals surface area contributed by atoms with Crippen molar-refractivity contribution in [2.75, 3.05) is 0 Å². The Balaban J connectivity index is 4.89. The van der Waals surface area contributed by atoms with E-state index in [9.17, 15) is 14.7 Å². The maximum Gasteiger partial charge on any atom is 0.328 e. The second kappa shape index (κ2) is 8.08. The first kappa shape index (κ1) is 21.8. The van der Waals surface area contributed by atoms with Gasteiger partial charge in [0.15, 0.2) is 6.04 Å². The van der Waals surface area contributed by atoms with Crippen LogP contribution in [0.1, 0.15) is 55.4 Å². The minimum Gasteiger partial charge on any atom is -0.480 e. The third-order valence-electron chi connectivity index (χ3n) is 2.92. The topological polar surface area (TPSA) is 111 Å². The van der Waals surface area contributed by atoms with E-state index in [1.807, 2.05) is 41.5 Å². The number of nitrogens with one attached hydrogen (secondary N) is 1. The van der Waals surface area contributed by atoms with E-state index in [2.05, 4.69) is 5.32 Å². The summed E-state index contributed by atoms with van der Waals surface area (Å²) < 4.78 is 11.3. The van der Waals surface area contributed by atoms with Crippen LogP contribution in [-0.4, -0.2) is 52.5 Å². The van der Waals surface area contributed by atoms with E-state index in [-0.39, 0.29) is 0 Å². The first-order valence-corrected chi connectivity index (χ1v) is 7.78. The third kappa shape index (κ3) is 8.88. The number of ether oxygens (including phenoxy) is 2. The SMILES string of the molecule is C[C@@H](OC(C)(C)C)[C@H](N)C(=O)N[C@H](C(=O)O)[C@@H](C)OC(C)(C)C. The zero-order chi connectivity index (χ0) is 18.6. The molecule has 0 radical (unpaired) electrons. The maximum atomic E-state index is 12.2. The van der Waals surface area contributed by atoms with Gasteiger partial charge in [-0.15, -0.1) is 0 Å². The van der Waals surface area contributed by atoms with Gasteiger partial charge in [-0.25, -0.2) is 4.79 Å². The van der Waals surface area contributed by atoms with Crippen LogP contribution in [0.5, 0.6) is 0 Å². The van der Waals surface area contributed by atoms with Crippen LogP contribution in [0, 0.1) is 0 Å². The summed E-state index contributed by atoms with van der Waals surface area (Å²) in [5.41, 5.74) is 4.90. The molecule has 0 aromatic carbocycles.